The summed E-state index contributed by atoms with van der Waals surface area (Å²) in [7, 11) is -3.32. The summed E-state index contributed by atoms with van der Waals surface area (Å²) in [6.45, 7) is 0.879. The van der Waals surface area contributed by atoms with E-state index in [1.165, 1.54) is 9.71 Å². The second-order valence-electron chi connectivity index (χ2n) is 4.12. The molecule has 1 fully saturated rings. The van der Waals surface area contributed by atoms with Gasteiger partial charge in [-0.25, -0.2) is 8.42 Å². The molecule has 1 aliphatic heterocycles. The Kier molecular flexibility index (Phi) is 3.61. The van der Waals surface area contributed by atoms with Crippen molar-refractivity contribution in [1.82, 2.24) is 4.31 Å². The molecular weight excluding hydrogens is 238 g/mol. The van der Waals surface area contributed by atoms with Gasteiger partial charge in [0.25, 0.3) is 0 Å². The van der Waals surface area contributed by atoms with Crippen molar-refractivity contribution >= 4 is 16.1 Å². The van der Waals surface area contributed by atoms with Gasteiger partial charge in [0.1, 0.15) is 0 Å². The Labute approximate surface area is 101 Å². The molecule has 92 valence electrons. The molecule has 17 heavy (non-hydrogen) atoms. The summed E-state index contributed by atoms with van der Waals surface area (Å²) < 4.78 is 25.0. The van der Waals surface area contributed by atoms with E-state index in [1.54, 1.807) is 6.08 Å². The quantitative estimate of drug-likeness (QED) is 0.867. The van der Waals surface area contributed by atoms with Crippen LogP contribution < -0.4 is 0 Å². The topological polar surface area (TPSA) is 57.6 Å². The van der Waals surface area contributed by atoms with Crippen LogP contribution in [0.2, 0.25) is 0 Å². The number of rotatable bonds is 4. The highest BCUT2D eigenvalue weighted by molar-refractivity contribution is 7.92. The fourth-order valence-corrected chi connectivity index (χ4v) is 3.00. The van der Waals surface area contributed by atoms with Gasteiger partial charge in [-0.15, -0.1) is 0 Å². The first kappa shape index (κ1) is 12.3. The maximum atomic E-state index is 11.8. The van der Waals surface area contributed by atoms with E-state index in [1.807, 2.05) is 30.3 Å². The zero-order valence-electron chi connectivity index (χ0n) is 9.36. The van der Waals surface area contributed by atoms with E-state index in [-0.39, 0.29) is 12.5 Å². The van der Waals surface area contributed by atoms with Crippen LogP contribution in [0.25, 0.3) is 6.08 Å². The van der Waals surface area contributed by atoms with E-state index in [2.05, 4.69) is 0 Å². The summed E-state index contributed by atoms with van der Waals surface area (Å²) in [5.74, 6) is 0.0925. The minimum absolute atomic E-state index is 0.0500. The van der Waals surface area contributed by atoms with Crippen LogP contribution in [0.15, 0.2) is 35.7 Å². The molecule has 0 radical (unpaired) electrons. The number of sulfonamides is 1. The average Bonchev–Trinajstić information content (AvgIpc) is 2.26. The molecule has 1 saturated heterocycles. The van der Waals surface area contributed by atoms with Crippen LogP contribution in [0.1, 0.15) is 5.56 Å². The van der Waals surface area contributed by atoms with Crippen LogP contribution in [0.3, 0.4) is 0 Å². The summed E-state index contributed by atoms with van der Waals surface area (Å²) in [6.07, 6.45) is 1.58. The van der Waals surface area contributed by atoms with Gasteiger partial charge in [0.2, 0.25) is 10.0 Å². The number of aliphatic hydroxyl groups is 1. The van der Waals surface area contributed by atoms with Crippen molar-refractivity contribution in [2.24, 2.45) is 5.92 Å². The van der Waals surface area contributed by atoms with E-state index in [4.69, 9.17) is 5.11 Å². The van der Waals surface area contributed by atoms with Crippen molar-refractivity contribution in [1.29, 1.82) is 0 Å². The Morgan fingerprint density at radius 2 is 1.94 bits per heavy atom. The van der Waals surface area contributed by atoms with Crippen LogP contribution in [0.5, 0.6) is 0 Å². The summed E-state index contributed by atoms with van der Waals surface area (Å²) in [5.41, 5.74) is 0.857. The molecule has 0 atom stereocenters. The van der Waals surface area contributed by atoms with Crippen LogP contribution in [0, 0.1) is 5.92 Å². The number of nitrogens with zero attached hydrogens (tertiary/aromatic N) is 1. The maximum absolute atomic E-state index is 11.8. The second-order valence-corrected chi connectivity index (χ2v) is 5.94. The van der Waals surface area contributed by atoms with Gasteiger partial charge < -0.3 is 5.11 Å². The number of hydrogen-bond donors (Lipinski definition) is 1. The zero-order chi connectivity index (χ0) is 12.3. The van der Waals surface area contributed by atoms with E-state index in [0.29, 0.717) is 13.1 Å². The van der Waals surface area contributed by atoms with Crippen molar-refractivity contribution in [3.8, 4) is 0 Å². The first-order valence-corrected chi connectivity index (χ1v) is 6.96. The predicted octanol–water partition coefficient (Wildman–Crippen LogP) is 0.911. The molecule has 1 aromatic rings. The number of benzene rings is 1. The molecule has 1 aliphatic rings. The Bertz CT molecular complexity index is 490. The molecule has 1 N–H and O–H groups in total. The molecule has 4 nitrogen and oxygen atoms in total. The van der Waals surface area contributed by atoms with E-state index >= 15 is 0 Å². The van der Waals surface area contributed by atoms with Crippen LogP contribution in [-0.2, 0) is 10.0 Å². The van der Waals surface area contributed by atoms with Crippen LogP contribution >= 0.6 is 0 Å². The minimum atomic E-state index is -3.32. The summed E-state index contributed by atoms with van der Waals surface area (Å²) in [5, 5.41) is 10.1. The first-order valence-electron chi connectivity index (χ1n) is 5.46. The molecular formula is C12H15NO3S. The third-order valence-electron chi connectivity index (χ3n) is 2.77. The van der Waals surface area contributed by atoms with Gasteiger partial charge >= 0.3 is 0 Å². The molecule has 0 spiro atoms. The standard InChI is InChI=1S/C12H15NO3S/c14-10-12-8-13(9-12)17(15,16)7-6-11-4-2-1-3-5-11/h1-7,12,14H,8-10H2. The lowest BCUT2D eigenvalue weighted by atomic mass is 10.1. The van der Waals surface area contributed by atoms with Gasteiger partial charge in [-0.2, -0.15) is 4.31 Å². The Morgan fingerprint density at radius 1 is 1.29 bits per heavy atom. The smallest absolute Gasteiger partial charge is 0.236 e. The summed E-state index contributed by atoms with van der Waals surface area (Å²) >= 11 is 0. The van der Waals surface area contributed by atoms with Gasteiger partial charge in [-0.1, -0.05) is 30.3 Å². The molecule has 1 aromatic carbocycles. The van der Waals surface area contributed by atoms with Crippen molar-refractivity contribution in [3.05, 3.63) is 41.3 Å². The van der Waals surface area contributed by atoms with Gasteiger partial charge in [0.15, 0.2) is 0 Å². The van der Waals surface area contributed by atoms with E-state index in [0.717, 1.165) is 5.56 Å². The SMILES string of the molecule is O=S(=O)(C=Cc1ccccc1)N1CC(CO)C1. The molecule has 1 heterocycles. The highest BCUT2D eigenvalue weighted by Crippen LogP contribution is 2.20. The van der Waals surface area contributed by atoms with Crippen LogP contribution in [-0.4, -0.2) is 37.5 Å². The largest absolute Gasteiger partial charge is 0.396 e. The van der Waals surface area contributed by atoms with Crippen molar-refractivity contribution in [2.45, 2.75) is 0 Å². The van der Waals surface area contributed by atoms with Crippen molar-refractivity contribution < 1.29 is 13.5 Å². The predicted molar refractivity (Wildman–Crippen MR) is 66.5 cm³/mol. The molecule has 0 aliphatic carbocycles. The number of hydrogen-bond acceptors (Lipinski definition) is 3. The van der Waals surface area contributed by atoms with Gasteiger partial charge in [0.05, 0.1) is 0 Å². The normalized spacial score (nSPS) is 18.4. The Balaban J connectivity index is 2.01. The Hall–Kier alpha value is -1.17. The first-order chi connectivity index (χ1) is 8.12. The lowest BCUT2D eigenvalue weighted by Gasteiger charge is -2.35. The summed E-state index contributed by atoms with van der Waals surface area (Å²) in [4.78, 5) is 0. The highest BCUT2D eigenvalue weighted by Gasteiger charge is 2.33. The fourth-order valence-electron chi connectivity index (χ4n) is 1.66. The third-order valence-corrected chi connectivity index (χ3v) is 4.27. The Morgan fingerprint density at radius 3 is 2.53 bits per heavy atom. The second kappa shape index (κ2) is 5.00. The fraction of sp³-hybridized carbons (Fsp3) is 0.333. The van der Waals surface area contributed by atoms with E-state index in [9.17, 15) is 8.42 Å². The maximum Gasteiger partial charge on any atom is 0.236 e. The highest BCUT2D eigenvalue weighted by atomic mass is 32.2. The summed E-state index contributed by atoms with van der Waals surface area (Å²) in [6, 6.07) is 9.29. The average molecular weight is 253 g/mol. The number of aliphatic hydroxyl groups excluding tert-OH is 1. The molecule has 0 amide bonds. The molecule has 0 bridgehead atoms. The van der Waals surface area contributed by atoms with Crippen molar-refractivity contribution in [3.63, 3.8) is 0 Å². The van der Waals surface area contributed by atoms with Gasteiger partial charge in [-0.3, -0.25) is 0 Å². The minimum Gasteiger partial charge on any atom is -0.396 e. The van der Waals surface area contributed by atoms with Crippen molar-refractivity contribution in [2.75, 3.05) is 19.7 Å². The molecule has 2 rings (SSSR count). The molecule has 5 heteroatoms. The van der Waals surface area contributed by atoms with Gasteiger partial charge in [-0.05, 0) is 11.6 Å². The molecule has 0 unspecified atom stereocenters. The van der Waals surface area contributed by atoms with Crippen LogP contribution in [0.4, 0.5) is 0 Å². The van der Waals surface area contributed by atoms with Gasteiger partial charge in [0, 0.05) is 31.0 Å². The zero-order valence-corrected chi connectivity index (χ0v) is 10.2. The monoisotopic (exact) mass is 253 g/mol. The molecule has 0 aromatic heterocycles. The lowest BCUT2D eigenvalue weighted by Crippen LogP contribution is -2.50. The lowest BCUT2D eigenvalue weighted by molar-refractivity contribution is 0.118. The third kappa shape index (κ3) is 2.94. The molecule has 0 saturated carbocycles. The van der Waals surface area contributed by atoms with E-state index < -0.39 is 10.0 Å².